The highest BCUT2D eigenvalue weighted by molar-refractivity contribution is 5.68. The van der Waals surface area contributed by atoms with Crippen LogP contribution in [-0.2, 0) is 11.2 Å². The highest BCUT2D eigenvalue weighted by Crippen LogP contribution is 2.21. The van der Waals surface area contributed by atoms with Gasteiger partial charge in [-0.05, 0) is 48.0 Å². The number of carbonyl (C=O) groups is 1. The molecule has 1 unspecified atom stereocenters. The van der Waals surface area contributed by atoms with E-state index >= 15 is 0 Å². The quantitative estimate of drug-likeness (QED) is 0.688. The van der Waals surface area contributed by atoms with Crippen molar-refractivity contribution < 1.29 is 9.53 Å². The summed E-state index contributed by atoms with van der Waals surface area (Å²) in [6, 6.07) is 0.423. The van der Waals surface area contributed by atoms with E-state index in [4.69, 9.17) is 4.74 Å². The molecule has 1 rings (SSSR count). The Morgan fingerprint density at radius 2 is 1.96 bits per heavy atom. The van der Waals surface area contributed by atoms with Crippen molar-refractivity contribution in [3.8, 4) is 0 Å². The van der Waals surface area contributed by atoms with Crippen molar-refractivity contribution in [1.82, 2.24) is 14.9 Å². The molecule has 0 aliphatic rings. The second kappa shape index (κ2) is 8.54. The van der Waals surface area contributed by atoms with E-state index in [0.717, 1.165) is 12.1 Å². The third kappa shape index (κ3) is 7.37. The molecule has 1 heterocycles. The number of ether oxygens (including phenoxy) is 1. The molecular weight excluding hydrogens is 302 g/mol. The number of aromatic nitrogens is 2. The number of nitrogens with one attached hydrogen (secondary N) is 1. The predicted octanol–water partition coefficient (Wildman–Crippen LogP) is 4.87. The number of alkyl carbamates (subject to hydrolysis) is 1. The number of unbranched alkanes of at least 4 members (excludes halogenated alkanes) is 2. The molecule has 5 heteroatoms. The standard InChI is InChI=1S/C19H35N3O2/c1-8-9-10-11-15(2)22-14-20-13-16(22)12-19(6,7)21-17(23)24-18(3,4)5/h13-15H,8-12H2,1-7H3,(H,21,23). The van der Waals surface area contributed by atoms with Crippen LogP contribution < -0.4 is 5.32 Å². The van der Waals surface area contributed by atoms with Crippen molar-refractivity contribution in [1.29, 1.82) is 0 Å². The highest BCUT2D eigenvalue weighted by Gasteiger charge is 2.26. The first-order valence-corrected chi connectivity index (χ1v) is 9.06. The lowest BCUT2D eigenvalue weighted by Crippen LogP contribution is -2.47. The van der Waals surface area contributed by atoms with Gasteiger partial charge in [-0.3, -0.25) is 0 Å². The number of carbonyl (C=O) groups excluding carboxylic acids is 1. The van der Waals surface area contributed by atoms with Crippen molar-refractivity contribution in [2.45, 2.75) is 97.8 Å². The predicted molar refractivity (Wildman–Crippen MR) is 98.2 cm³/mol. The van der Waals surface area contributed by atoms with Crippen molar-refractivity contribution in [2.75, 3.05) is 0 Å². The zero-order valence-corrected chi connectivity index (χ0v) is 16.5. The van der Waals surface area contributed by atoms with E-state index in [9.17, 15) is 4.79 Å². The summed E-state index contributed by atoms with van der Waals surface area (Å²) in [5, 5.41) is 2.97. The van der Waals surface area contributed by atoms with Crippen LogP contribution in [0.25, 0.3) is 0 Å². The topological polar surface area (TPSA) is 56.2 Å². The van der Waals surface area contributed by atoms with Crippen molar-refractivity contribution >= 4 is 6.09 Å². The highest BCUT2D eigenvalue weighted by atomic mass is 16.6. The Morgan fingerprint density at radius 1 is 1.29 bits per heavy atom. The number of hydrogen-bond donors (Lipinski definition) is 1. The molecule has 0 spiro atoms. The van der Waals surface area contributed by atoms with Gasteiger partial charge in [-0.25, -0.2) is 9.78 Å². The first-order chi connectivity index (χ1) is 11.0. The van der Waals surface area contributed by atoms with Crippen LogP contribution in [0.4, 0.5) is 4.79 Å². The maximum atomic E-state index is 12.0. The van der Waals surface area contributed by atoms with E-state index in [1.54, 1.807) is 0 Å². The molecule has 138 valence electrons. The Hall–Kier alpha value is -1.52. The molecule has 0 aromatic carbocycles. The summed E-state index contributed by atoms with van der Waals surface area (Å²) in [6.45, 7) is 14.1. The molecular formula is C19H35N3O2. The number of imidazole rings is 1. The van der Waals surface area contributed by atoms with Crippen LogP contribution >= 0.6 is 0 Å². The van der Waals surface area contributed by atoms with Crippen LogP contribution in [0.2, 0.25) is 0 Å². The zero-order chi connectivity index (χ0) is 18.4. The maximum absolute atomic E-state index is 12.0. The molecule has 0 radical (unpaired) electrons. The van der Waals surface area contributed by atoms with E-state index in [1.165, 1.54) is 19.3 Å². The average molecular weight is 338 g/mol. The first kappa shape index (κ1) is 20.5. The molecule has 0 bridgehead atoms. The van der Waals surface area contributed by atoms with Gasteiger partial charge in [0, 0.05) is 29.9 Å². The van der Waals surface area contributed by atoms with Gasteiger partial charge in [0.15, 0.2) is 0 Å². The van der Waals surface area contributed by atoms with Gasteiger partial charge < -0.3 is 14.6 Å². The second-order valence-electron chi connectivity index (χ2n) is 8.32. The second-order valence-corrected chi connectivity index (χ2v) is 8.32. The van der Waals surface area contributed by atoms with E-state index in [-0.39, 0.29) is 6.09 Å². The minimum absolute atomic E-state index is 0.380. The summed E-state index contributed by atoms with van der Waals surface area (Å²) in [7, 11) is 0. The SMILES string of the molecule is CCCCCC(C)n1cncc1CC(C)(C)NC(=O)OC(C)(C)C. The molecule has 1 aromatic rings. The molecule has 0 saturated carbocycles. The lowest BCUT2D eigenvalue weighted by Gasteiger charge is -2.29. The monoisotopic (exact) mass is 337 g/mol. The number of hydrogen-bond acceptors (Lipinski definition) is 3. The maximum Gasteiger partial charge on any atom is 0.408 e. The Balaban J connectivity index is 2.68. The molecule has 5 nitrogen and oxygen atoms in total. The molecule has 0 aliphatic carbocycles. The van der Waals surface area contributed by atoms with Crippen molar-refractivity contribution in [3.05, 3.63) is 18.2 Å². The van der Waals surface area contributed by atoms with Gasteiger partial charge in [-0.15, -0.1) is 0 Å². The van der Waals surface area contributed by atoms with Crippen LogP contribution in [0.5, 0.6) is 0 Å². The zero-order valence-electron chi connectivity index (χ0n) is 16.5. The average Bonchev–Trinajstić information content (AvgIpc) is 2.82. The minimum atomic E-state index is -0.490. The fourth-order valence-corrected chi connectivity index (χ4v) is 2.77. The molecule has 0 fully saturated rings. The Bertz CT molecular complexity index is 515. The van der Waals surface area contributed by atoms with E-state index in [2.05, 4.69) is 28.7 Å². The van der Waals surface area contributed by atoms with Gasteiger partial charge in [0.1, 0.15) is 5.60 Å². The molecule has 1 N–H and O–H groups in total. The minimum Gasteiger partial charge on any atom is -0.444 e. The summed E-state index contributed by atoms with van der Waals surface area (Å²) in [6.07, 6.45) is 9.01. The Morgan fingerprint density at radius 3 is 2.54 bits per heavy atom. The lowest BCUT2D eigenvalue weighted by molar-refractivity contribution is 0.0471. The fraction of sp³-hybridized carbons (Fsp3) is 0.789. The number of rotatable bonds is 8. The third-order valence-electron chi connectivity index (χ3n) is 3.91. The Labute approximate surface area is 147 Å². The van der Waals surface area contributed by atoms with E-state index in [0.29, 0.717) is 12.5 Å². The molecule has 0 saturated heterocycles. The normalized spacial score (nSPS) is 13.6. The lowest BCUT2D eigenvalue weighted by atomic mass is 9.98. The molecule has 24 heavy (non-hydrogen) atoms. The molecule has 1 amide bonds. The summed E-state index contributed by atoms with van der Waals surface area (Å²) in [5.74, 6) is 0. The molecule has 1 aromatic heterocycles. The fourth-order valence-electron chi connectivity index (χ4n) is 2.77. The third-order valence-corrected chi connectivity index (χ3v) is 3.91. The van der Waals surface area contributed by atoms with Gasteiger partial charge in [0.05, 0.1) is 6.33 Å². The largest absolute Gasteiger partial charge is 0.444 e. The number of amides is 1. The number of nitrogens with zero attached hydrogens (tertiary/aromatic N) is 2. The summed E-state index contributed by atoms with van der Waals surface area (Å²) in [4.78, 5) is 16.4. The summed E-state index contributed by atoms with van der Waals surface area (Å²) < 4.78 is 7.59. The van der Waals surface area contributed by atoms with Crippen LogP contribution in [0, 0.1) is 0 Å². The first-order valence-electron chi connectivity index (χ1n) is 9.06. The summed E-state index contributed by atoms with van der Waals surface area (Å²) in [5.41, 5.74) is 0.249. The van der Waals surface area contributed by atoms with Crippen molar-refractivity contribution in [2.24, 2.45) is 0 Å². The Kier molecular flexibility index (Phi) is 7.30. The van der Waals surface area contributed by atoms with Crippen LogP contribution in [-0.4, -0.2) is 26.8 Å². The summed E-state index contributed by atoms with van der Waals surface area (Å²) >= 11 is 0. The van der Waals surface area contributed by atoms with E-state index in [1.807, 2.05) is 47.1 Å². The van der Waals surface area contributed by atoms with Gasteiger partial charge >= 0.3 is 6.09 Å². The van der Waals surface area contributed by atoms with Crippen LogP contribution in [0.3, 0.4) is 0 Å². The van der Waals surface area contributed by atoms with Gasteiger partial charge in [-0.2, -0.15) is 0 Å². The van der Waals surface area contributed by atoms with Gasteiger partial charge in [-0.1, -0.05) is 26.2 Å². The molecule has 1 atom stereocenters. The van der Waals surface area contributed by atoms with Crippen LogP contribution in [0.1, 0.15) is 85.9 Å². The van der Waals surface area contributed by atoms with Gasteiger partial charge in [0.2, 0.25) is 0 Å². The van der Waals surface area contributed by atoms with Gasteiger partial charge in [0.25, 0.3) is 0 Å². The van der Waals surface area contributed by atoms with Crippen LogP contribution in [0.15, 0.2) is 12.5 Å². The molecule has 0 aliphatic heterocycles. The smallest absolute Gasteiger partial charge is 0.408 e. The van der Waals surface area contributed by atoms with Crippen molar-refractivity contribution in [3.63, 3.8) is 0 Å². The van der Waals surface area contributed by atoms with E-state index < -0.39 is 11.1 Å².